The smallest absolute Gasteiger partial charge is 0.253 e. The molecular weight excluding hydrogens is 370 g/mol. The number of hydrogen-bond donors (Lipinski definition) is 1. The van der Waals surface area contributed by atoms with Gasteiger partial charge in [0.05, 0.1) is 13.3 Å². The number of carbonyl (C=O) groups excluding carboxylic acids is 2. The zero-order valence-corrected chi connectivity index (χ0v) is 16.1. The topological polar surface area (TPSA) is 108 Å². The van der Waals surface area contributed by atoms with Crippen LogP contribution < -0.4 is 10.1 Å². The van der Waals surface area contributed by atoms with Crippen molar-refractivity contribution in [2.75, 3.05) is 25.5 Å². The number of carbonyl (C=O) groups is 2. The third-order valence-electron chi connectivity index (χ3n) is 4.75. The predicted octanol–water partition coefficient (Wildman–Crippen LogP) is 2.19. The van der Waals surface area contributed by atoms with Crippen LogP contribution in [0.25, 0.3) is 0 Å². The van der Waals surface area contributed by atoms with Crippen molar-refractivity contribution in [3.8, 4) is 11.9 Å². The van der Waals surface area contributed by atoms with Crippen molar-refractivity contribution >= 4 is 17.5 Å². The lowest BCUT2D eigenvalue weighted by molar-refractivity contribution is -0.111. The number of benzene rings is 1. The molecule has 1 aromatic heterocycles. The number of rotatable bonds is 6. The van der Waals surface area contributed by atoms with E-state index in [1.165, 1.54) is 19.4 Å². The number of amides is 2. The lowest BCUT2D eigenvalue weighted by Crippen LogP contribution is -2.29. The molecule has 1 fully saturated rings. The molecule has 29 heavy (non-hydrogen) atoms. The van der Waals surface area contributed by atoms with Gasteiger partial charge in [-0.3, -0.25) is 9.59 Å². The molecule has 1 aliphatic rings. The first-order chi connectivity index (χ1) is 14.0. The summed E-state index contributed by atoms with van der Waals surface area (Å²) in [6.07, 6.45) is 4.12. The number of nitrogens with one attached hydrogen (secondary N) is 1. The highest BCUT2D eigenvalue weighted by Crippen LogP contribution is 2.23. The molecule has 1 saturated heterocycles. The monoisotopic (exact) mass is 391 g/mol. The number of nitriles is 1. The van der Waals surface area contributed by atoms with E-state index >= 15 is 0 Å². The molecule has 2 heterocycles. The molecule has 1 aromatic carbocycles. The number of anilines is 1. The van der Waals surface area contributed by atoms with Crippen LogP contribution in [0.3, 0.4) is 0 Å². The first-order valence-electron chi connectivity index (χ1n) is 9.16. The molecule has 148 valence electrons. The van der Waals surface area contributed by atoms with E-state index < -0.39 is 0 Å². The summed E-state index contributed by atoms with van der Waals surface area (Å²) in [5.74, 6) is 0.762. The van der Waals surface area contributed by atoms with Crippen LogP contribution >= 0.6 is 0 Å². The average molecular weight is 391 g/mol. The molecule has 3 rings (SSSR count). The molecular formula is C21H21N5O3. The number of hydrogen-bond acceptors (Lipinski definition) is 6. The number of likely N-dealkylation sites (tertiary alicyclic amines) is 1. The molecule has 1 atom stereocenters. The summed E-state index contributed by atoms with van der Waals surface area (Å²) in [5.41, 5.74) is 1.48. The fourth-order valence-corrected chi connectivity index (χ4v) is 3.25. The van der Waals surface area contributed by atoms with E-state index in [2.05, 4.69) is 21.9 Å². The van der Waals surface area contributed by atoms with Gasteiger partial charge in [0.1, 0.15) is 17.5 Å². The summed E-state index contributed by atoms with van der Waals surface area (Å²) in [7, 11) is 1.47. The Kier molecular flexibility index (Phi) is 6.19. The standard InChI is InChI=1S/C21H21N5O3/c1-3-19(27)24-17-6-4-15(5-7-17)21(28)26-9-8-14(13-26)10-18-23-12-16(11-22)20(25-18)29-2/h3-7,12,14H,1,8-10,13H2,2H3,(H,24,27)/t14-/m0/s1. The van der Waals surface area contributed by atoms with E-state index in [0.29, 0.717) is 42.1 Å². The summed E-state index contributed by atoms with van der Waals surface area (Å²) < 4.78 is 5.13. The number of methoxy groups -OCH3 is 1. The van der Waals surface area contributed by atoms with E-state index in [0.717, 1.165) is 6.42 Å². The molecule has 0 spiro atoms. The third kappa shape index (κ3) is 4.76. The van der Waals surface area contributed by atoms with Crippen LogP contribution in [0.4, 0.5) is 5.69 Å². The average Bonchev–Trinajstić information content (AvgIpc) is 3.22. The molecule has 2 aromatic rings. The summed E-state index contributed by atoms with van der Waals surface area (Å²) in [6, 6.07) is 8.78. The van der Waals surface area contributed by atoms with Gasteiger partial charge in [0.15, 0.2) is 0 Å². The van der Waals surface area contributed by atoms with Gasteiger partial charge in [-0.2, -0.15) is 10.2 Å². The van der Waals surface area contributed by atoms with Gasteiger partial charge >= 0.3 is 0 Å². The molecule has 1 aliphatic heterocycles. The molecule has 0 unspecified atom stereocenters. The summed E-state index contributed by atoms with van der Waals surface area (Å²) in [6.45, 7) is 4.68. The van der Waals surface area contributed by atoms with E-state index in [4.69, 9.17) is 10.00 Å². The lowest BCUT2D eigenvalue weighted by Gasteiger charge is -2.17. The van der Waals surface area contributed by atoms with Crippen molar-refractivity contribution < 1.29 is 14.3 Å². The van der Waals surface area contributed by atoms with Crippen molar-refractivity contribution in [2.45, 2.75) is 12.8 Å². The number of aromatic nitrogens is 2. The van der Waals surface area contributed by atoms with E-state index in [1.54, 1.807) is 24.3 Å². The minimum absolute atomic E-state index is 0.0487. The molecule has 0 aliphatic carbocycles. The van der Waals surface area contributed by atoms with E-state index in [9.17, 15) is 9.59 Å². The molecule has 0 radical (unpaired) electrons. The van der Waals surface area contributed by atoms with Crippen LogP contribution in [0.5, 0.6) is 5.88 Å². The highest BCUT2D eigenvalue weighted by Gasteiger charge is 2.28. The number of nitrogens with zero attached hydrogens (tertiary/aromatic N) is 4. The summed E-state index contributed by atoms with van der Waals surface area (Å²) in [4.78, 5) is 34.4. The Balaban J connectivity index is 1.60. The first kappa shape index (κ1) is 20.0. The maximum Gasteiger partial charge on any atom is 0.253 e. The van der Waals surface area contributed by atoms with Crippen molar-refractivity contribution in [1.29, 1.82) is 5.26 Å². The van der Waals surface area contributed by atoms with Crippen LogP contribution in [-0.4, -0.2) is 46.9 Å². The SMILES string of the molecule is C=CC(=O)Nc1ccc(C(=O)N2CC[C@@H](Cc3ncc(C#N)c(OC)n3)C2)cc1. The van der Waals surface area contributed by atoms with Crippen LogP contribution in [0.1, 0.15) is 28.2 Å². The van der Waals surface area contributed by atoms with Crippen molar-refractivity contribution in [3.63, 3.8) is 0 Å². The quantitative estimate of drug-likeness (QED) is 0.756. The largest absolute Gasteiger partial charge is 0.480 e. The molecule has 8 heteroatoms. The Bertz CT molecular complexity index is 965. The Morgan fingerprint density at radius 1 is 1.41 bits per heavy atom. The second-order valence-electron chi connectivity index (χ2n) is 6.70. The van der Waals surface area contributed by atoms with E-state index in [1.807, 2.05) is 11.0 Å². The van der Waals surface area contributed by atoms with Crippen LogP contribution in [-0.2, 0) is 11.2 Å². The highest BCUT2D eigenvalue weighted by molar-refractivity contribution is 5.99. The number of ether oxygens (including phenoxy) is 1. The van der Waals surface area contributed by atoms with Gasteiger partial charge in [-0.05, 0) is 42.7 Å². The van der Waals surface area contributed by atoms with Crippen LogP contribution in [0.2, 0.25) is 0 Å². The Morgan fingerprint density at radius 2 is 2.17 bits per heavy atom. The minimum Gasteiger partial charge on any atom is -0.480 e. The maximum atomic E-state index is 12.8. The molecule has 0 bridgehead atoms. The molecule has 8 nitrogen and oxygen atoms in total. The normalized spacial score (nSPS) is 15.4. The van der Waals surface area contributed by atoms with Crippen molar-refractivity contribution in [2.24, 2.45) is 5.92 Å². The highest BCUT2D eigenvalue weighted by atomic mass is 16.5. The lowest BCUT2D eigenvalue weighted by atomic mass is 10.0. The van der Waals surface area contributed by atoms with Gasteiger partial charge < -0.3 is 15.0 Å². The van der Waals surface area contributed by atoms with Crippen LogP contribution in [0.15, 0.2) is 43.1 Å². The third-order valence-corrected chi connectivity index (χ3v) is 4.75. The predicted molar refractivity (Wildman–Crippen MR) is 106 cm³/mol. The summed E-state index contributed by atoms with van der Waals surface area (Å²) >= 11 is 0. The van der Waals surface area contributed by atoms with Crippen molar-refractivity contribution in [1.82, 2.24) is 14.9 Å². The summed E-state index contributed by atoms with van der Waals surface area (Å²) in [5, 5.41) is 11.7. The fraction of sp³-hybridized carbons (Fsp3) is 0.286. The zero-order chi connectivity index (χ0) is 20.8. The van der Waals surface area contributed by atoms with Gasteiger partial charge in [-0.15, -0.1) is 0 Å². The second kappa shape index (κ2) is 8.97. The fourth-order valence-electron chi connectivity index (χ4n) is 3.25. The van der Waals surface area contributed by atoms with Crippen LogP contribution in [0, 0.1) is 17.2 Å². The molecule has 0 saturated carbocycles. The van der Waals surface area contributed by atoms with Gasteiger partial charge in [0.25, 0.3) is 5.91 Å². The second-order valence-corrected chi connectivity index (χ2v) is 6.70. The Labute approximate surface area is 168 Å². The Morgan fingerprint density at radius 3 is 2.83 bits per heavy atom. The maximum absolute atomic E-state index is 12.8. The van der Waals surface area contributed by atoms with Crippen molar-refractivity contribution in [3.05, 3.63) is 60.1 Å². The Hall–Kier alpha value is -3.73. The molecule has 2 amide bonds. The van der Waals surface area contributed by atoms with Gasteiger partial charge in [-0.25, -0.2) is 4.98 Å². The molecule has 1 N–H and O–H groups in total. The van der Waals surface area contributed by atoms with Gasteiger partial charge in [-0.1, -0.05) is 6.58 Å². The first-order valence-corrected chi connectivity index (χ1v) is 9.16. The zero-order valence-electron chi connectivity index (χ0n) is 16.1. The van der Waals surface area contributed by atoms with Gasteiger partial charge in [0, 0.05) is 30.8 Å². The van der Waals surface area contributed by atoms with Gasteiger partial charge in [0.2, 0.25) is 11.8 Å². The minimum atomic E-state index is -0.298. The van der Waals surface area contributed by atoms with E-state index in [-0.39, 0.29) is 23.6 Å².